The average Bonchev–Trinajstić information content (AvgIpc) is 3.33. The summed E-state index contributed by atoms with van der Waals surface area (Å²) < 4.78 is 13.6. The van der Waals surface area contributed by atoms with E-state index in [0.29, 0.717) is 6.54 Å². The molecule has 9 heteroatoms. The maximum Gasteiger partial charge on any atom is 0.191 e. The quantitative estimate of drug-likeness (QED) is 0.247. The van der Waals surface area contributed by atoms with Crippen LogP contribution in [0.15, 0.2) is 59.9 Å². The van der Waals surface area contributed by atoms with Crippen LogP contribution in [-0.4, -0.2) is 46.8 Å². The molecule has 32 heavy (non-hydrogen) atoms. The van der Waals surface area contributed by atoms with E-state index in [1.807, 2.05) is 18.2 Å². The van der Waals surface area contributed by atoms with Crippen molar-refractivity contribution in [1.82, 2.24) is 25.8 Å². The highest BCUT2D eigenvalue weighted by Crippen LogP contribution is 2.21. The number of hydrogen-bond acceptors (Lipinski definition) is 4. The Labute approximate surface area is 205 Å². The lowest BCUT2D eigenvalue weighted by atomic mass is 10.0. The Kier molecular flexibility index (Phi) is 8.83. The molecule has 1 aliphatic heterocycles. The molecule has 0 spiro atoms. The van der Waals surface area contributed by atoms with Gasteiger partial charge in [0.25, 0.3) is 0 Å². The van der Waals surface area contributed by atoms with Gasteiger partial charge in [0, 0.05) is 36.9 Å². The van der Waals surface area contributed by atoms with Gasteiger partial charge in [-0.3, -0.25) is 5.10 Å². The van der Waals surface area contributed by atoms with E-state index in [2.05, 4.69) is 49.8 Å². The van der Waals surface area contributed by atoms with Gasteiger partial charge in [-0.25, -0.2) is 14.4 Å². The van der Waals surface area contributed by atoms with E-state index in [-0.39, 0.29) is 35.8 Å². The van der Waals surface area contributed by atoms with Crippen LogP contribution < -0.4 is 15.5 Å². The minimum atomic E-state index is -0.199. The third-order valence-electron chi connectivity index (χ3n) is 5.31. The minimum Gasteiger partial charge on any atom is -0.369 e. The summed E-state index contributed by atoms with van der Waals surface area (Å²) in [5, 5.41) is 13.7. The largest absolute Gasteiger partial charge is 0.369 e. The van der Waals surface area contributed by atoms with Gasteiger partial charge in [-0.1, -0.05) is 24.3 Å². The molecular formula is C23H29FIN7. The van der Waals surface area contributed by atoms with Crippen molar-refractivity contribution < 1.29 is 4.39 Å². The van der Waals surface area contributed by atoms with Gasteiger partial charge in [-0.05, 0) is 49.6 Å². The molecule has 0 bridgehead atoms. The molecule has 1 aromatic heterocycles. The molecule has 0 radical (unpaired) electrons. The van der Waals surface area contributed by atoms with Crippen LogP contribution in [0, 0.1) is 5.82 Å². The molecule has 1 aliphatic rings. The fraction of sp³-hybridized carbons (Fsp3) is 0.348. The SMILES string of the molecule is CCNC(=NCc1cccc(-c2ncn[nH]2)c1)NC1CCCN(c2cccc(F)c2)C1.I. The van der Waals surface area contributed by atoms with Gasteiger partial charge in [0.2, 0.25) is 0 Å². The minimum absolute atomic E-state index is 0. The number of rotatable bonds is 6. The third kappa shape index (κ3) is 6.41. The Balaban J connectivity index is 0.00000289. The van der Waals surface area contributed by atoms with E-state index in [0.717, 1.165) is 61.1 Å². The van der Waals surface area contributed by atoms with E-state index >= 15 is 0 Å². The summed E-state index contributed by atoms with van der Waals surface area (Å²) in [7, 11) is 0. The van der Waals surface area contributed by atoms with Crippen LogP contribution in [0.25, 0.3) is 11.4 Å². The number of halogens is 2. The molecule has 1 unspecified atom stereocenters. The van der Waals surface area contributed by atoms with Gasteiger partial charge < -0.3 is 15.5 Å². The van der Waals surface area contributed by atoms with Crippen molar-refractivity contribution in [1.29, 1.82) is 0 Å². The Morgan fingerprint density at radius 1 is 1.25 bits per heavy atom. The summed E-state index contributed by atoms with van der Waals surface area (Å²) in [6.07, 6.45) is 3.61. The maximum absolute atomic E-state index is 13.6. The lowest BCUT2D eigenvalue weighted by molar-refractivity contribution is 0.467. The predicted molar refractivity (Wildman–Crippen MR) is 137 cm³/mol. The first-order valence-electron chi connectivity index (χ1n) is 10.7. The zero-order chi connectivity index (χ0) is 21.5. The van der Waals surface area contributed by atoms with E-state index in [1.54, 1.807) is 12.1 Å². The van der Waals surface area contributed by atoms with Crippen molar-refractivity contribution in [3.63, 3.8) is 0 Å². The highest BCUT2D eigenvalue weighted by atomic mass is 127. The standard InChI is InChI=1S/C23H28FN7.HI/c1-2-25-23(26-14-17-6-3-7-18(12-17)22-27-16-28-30-22)29-20-9-5-11-31(15-20)21-10-4-8-19(24)13-21;/h3-4,6-8,10,12-13,16,20H,2,5,9,11,14-15H2,1H3,(H2,25,26,29)(H,27,28,30);1H. The first kappa shape index (κ1) is 24.0. The van der Waals surface area contributed by atoms with Crippen molar-refractivity contribution in [3.8, 4) is 11.4 Å². The first-order valence-corrected chi connectivity index (χ1v) is 10.7. The molecule has 0 saturated carbocycles. The van der Waals surface area contributed by atoms with Gasteiger partial charge >= 0.3 is 0 Å². The molecule has 7 nitrogen and oxygen atoms in total. The molecule has 1 atom stereocenters. The van der Waals surface area contributed by atoms with Crippen molar-refractivity contribution in [2.75, 3.05) is 24.5 Å². The number of piperidine rings is 1. The molecule has 1 fully saturated rings. The number of guanidine groups is 1. The summed E-state index contributed by atoms with van der Waals surface area (Å²) in [4.78, 5) is 11.2. The Hall–Kier alpha value is -2.69. The number of aromatic amines is 1. The zero-order valence-electron chi connectivity index (χ0n) is 18.1. The second-order valence-electron chi connectivity index (χ2n) is 7.64. The van der Waals surface area contributed by atoms with Crippen LogP contribution in [0.1, 0.15) is 25.3 Å². The molecular weight excluding hydrogens is 520 g/mol. The predicted octanol–water partition coefficient (Wildman–Crippen LogP) is 3.95. The van der Waals surface area contributed by atoms with Gasteiger partial charge in [0.1, 0.15) is 12.1 Å². The summed E-state index contributed by atoms with van der Waals surface area (Å²) >= 11 is 0. The number of aliphatic imine (C=N–C) groups is 1. The Morgan fingerprint density at radius 3 is 2.91 bits per heavy atom. The van der Waals surface area contributed by atoms with Gasteiger partial charge in [0.05, 0.1) is 6.54 Å². The Morgan fingerprint density at radius 2 is 2.12 bits per heavy atom. The van der Waals surface area contributed by atoms with Crippen LogP contribution in [0.4, 0.5) is 10.1 Å². The van der Waals surface area contributed by atoms with Crippen molar-refractivity contribution >= 4 is 35.6 Å². The van der Waals surface area contributed by atoms with Crippen molar-refractivity contribution in [2.24, 2.45) is 4.99 Å². The lowest BCUT2D eigenvalue weighted by Crippen LogP contribution is -2.51. The normalized spacial score (nSPS) is 16.4. The molecule has 0 amide bonds. The maximum atomic E-state index is 13.6. The number of anilines is 1. The summed E-state index contributed by atoms with van der Waals surface area (Å²) in [5.74, 6) is 1.34. The molecule has 3 aromatic rings. The highest BCUT2D eigenvalue weighted by Gasteiger charge is 2.21. The topological polar surface area (TPSA) is 81.2 Å². The van der Waals surface area contributed by atoms with Crippen LogP contribution in [-0.2, 0) is 6.54 Å². The molecule has 1 saturated heterocycles. The molecule has 4 rings (SSSR count). The lowest BCUT2D eigenvalue weighted by Gasteiger charge is -2.35. The smallest absolute Gasteiger partial charge is 0.191 e. The van der Waals surface area contributed by atoms with Crippen LogP contribution in [0.5, 0.6) is 0 Å². The van der Waals surface area contributed by atoms with E-state index in [9.17, 15) is 4.39 Å². The van der Waals surface area contributed by atoms with Gasteiger partial charge in [-0.2, -0.15) is 5.10 Å². The summed E-state index contributed by atoms with van der Waals surface area (Å²) in [5.41, 5.74) is 3.01. The molecule has 170 valence electrons. The summed E-state index contributed by atoms with van der Waals surface area (Å²) in [6, 6.07) is 15.2. The Bertz CT molecular complexity index is 1010. The van der Waals surface area contributed by atoms with E-state index in [4.69, 9.17) is 4.99 Å². The third-order valence-corrected chi connectivity index (χ3v) is 5.31. The monoisotopic (exact) mass is 549 g/mol. The second kappa shape index (κ2) is 11.8. The van der Waals surface area contributed by atoms with Crippen molar-refractivity contribution in [3.05, 3.63) is 66.2 Å². The molecule has 2 aromatic carbocycles. The number of nitrogens with one attached hydrogen (secondary N) is 3. The van der Waals surface area contributed by atoms with E-state index in [1.165, 1.54) is 12.4 Å². The number of aromatic nitrogens is 3. The van der Waals surface area contributed by atoms with Crippen LogP contribution in [0.3, 0.4) is 0 Å². The van der Waals surface area contributed by atoms with Gasteiger partial charge in [0.15, 0.2) is 11.8 Å². The molecule has 0 aliphatic carbocycles. The van der Waals surface area contributed by atoms with Crippen LogP contribution >= 0.6 is 24.0 Å². The first-order chi connectivity index (χ1) is 15.2. The fourth-order valence-electron chi connectivity index (χ4n) is 3.85. The zero-order valence-corrected chi connectivity index (χ0v) is 20.4. The highest BCUT2D eigenvalue weighted by molar-refractivity contribution is 14.0. The number of H-pyrrole nitrogens is 1. The van der Waals surface area contributed by atoms with Gasteiger partial charge in [-0.15, -0.1) is 24.0 Å². The molecule has 2 heterocycles. The summed E-state index contributed by atoms with van der Waals surface area (Å²) in [6.45, 7) is 5.14. The average molecular weight is 549 g/mol. The second-order valence-corrected chi connectivity index (χ2v) is 7.64. The van der Waals surface area contributed by atoms with E-state index < -0.39 is 0 Å². The number of benzene rings is 2. The van der Waals surface area contributed by atoms with Crippen molar-refractivity contribution in [2.45, 2.75) is 32.4 Å². The fourth-order valence-corrected chi connectivity index (χ4v) is 3.85. The number of hydrogen-bond donors (Lipinski definition) is 3. The molecule has 3 N–H and O–H groups in total. The number of nitrogens with zero attached hydrogens (tertiary/aromatic N) is 4. The van der Waals surface area contributed by atoms with Crippen LogP contribution in [0.2, 0.25) is 0 Å².